The van der Waals surface area contributed by atoms with E-state index in [1.54, 1.807) is 18.6 Å². The Bertz CT molecular complexity index is 1580. The number of aromatic nitrogens is 5. The summed E-state index contributed by atoms with van der Waals surface area (Å²) in [6, 6.07) is 13.7. The Balaban J connectivity index is 1.54. The summed E-state index contributed by atoms with van der Waals surface area (Å²) in [5, 5.41) is 25.3. The Labute approximate surface area is 201 Å². The van der Waals surface area contributed by atoms with Crippen LogP contribution in [-0.2, 0) is 6.54 Å². The second-order valence-corrected chi connectivity index (χ2v) is 9.46. The number of hydrogen-bond donors (Lipinski definition) is 4. The van der Waals surface area contributed by atoms with Crippen molar-refractivity contribution in [2.24, 2.45) is 0 Å². The minimum atomic E-state index is -0.313. The molecule has 9 nitrogen and oxygen atoms in total. The molecule has 4 aromatic heterocycles. The van der Waals surface area contributed by atoms with Crippen LogP contribution in [0.2, 0.25) is 0 Å². The van der Waals surface area contributed by atoms with Crippen molar-refractivity contribution in [1.82, 2.24) is 24.7 Å². The highest BCUT2D eigenvalue weighted by molar-refractivity contribution is 5.93. The number of aromatic amines is 1. The van der Waals surface area contributed by atoms with Crippen LogP contribution in [0.1, 0.15) is 20.8 Å². The van der Waals surface area contributed by atoms with E-state index in [1.807, 2.05) is 57.2 Å². The fraction of sp³-hybridized carbons (Fsp3) is 0.231. The molecule has 0 saturated carbocycles. The molecule has 0 unspecified atom stereocenters. The summed E-state index contributed by atoms with van der Waals surface area (Å²) in [6.07, 6.45) is 5.24. The first-order valence-corrected chi connectivity index (χ1v) is 11.4. The average Bonchev–Trinajstić information content (AvgIpc) is 3.28. The number of anilines is 3. The van der Waals surface area contributed by atoms with Gasteiger partial charge in [0.1, 0.15) is 17.5 Å². The molecule has 0 radical (unpaired) electrons. The zero-order valence-corrected chi connectivity index (χ0v) is 19.8. The predicted molar refractivity (Wildman–Crippen MR) is 139 cm³/mol. The number of pyridine rings is 3. The molecule has 0 saturated heterocycles. The number of H-pyrrole nitrogens is 1. The lowest BCUT2D eigenvalue weighted by Gasteiger charge is -2.23. The monoisotopic (exact) mass is 469 g/mol. The van der Waals surface area contributed by atoms with Gasteiger partial charge in [0.2, 0.25) is 0 Å². The van der Waals surface area contributed by atoms with Crippen LogP contribution in [0.25, 0.3) is 32.8 Å². The van der Waals surface area contributed by atoms with E-state index >= 15 is 0 Å². The summed E-state index contributed by atoms with van der Waals surface area (Å²) in [6.45, 7) is 6.15. The molecule has 0 atom stereocenters. The molecule has 4 N–H and O–H groups in total. The molecule has 0 bridgehead atoms. The third kappa shape index (κ3) is 4.71. The number of nitrogens with one attached hydrogen (secondary N) is 3. The highest BCUT2D eigenvalue weighted by Gasteiger charge is 2.17. The quantitative estimate of drug-likeness (QED) is 0.293. The van der Waals surface area contributed by atoms with Crippen molar-refractivity contribution in [3.63, 3.8) is 0 Å². The van der Waals surface area contributed by atoms with E-state index < -0.39 is 0 Å². The maximum absolute atomic E-state index is 13.1. The van der Waals surface area contributed by atoms with Gasteiger partial charge in [-0.2, -0.15) is 5.10 Å². The van der Waals surface area contributed by atoms with E-state index in [9.17, 15) is 9.90 Å². The van der Waals surface area contributed by atoms with Gasteiger partial charge in [-0.25, -0.2) is 9.97 Å². The van der Waals surface area contributed by atoms with Gasteiger partial charge < -0.3 is 20.3 Å². The van der Waals surface area contributed by atoms with E-state index in [0.29, 0.717) is 22.8 Å². The molecule has 0 aliphatic carbocycles. The fourth-order valence-electron chi connectivity index (χ4n) is 4.02. The Hall–Kier alpha value is -4.24. The van der Waals surface area contributed by atoms with Gasteiger partial charge >= 0.3 is 0 Å². The number of hydrogen-bond acceptors (Lipinski definition) is 7. The minimum Gasteiger partial charge on any atom is -0.395 e. The normalized spacial score (nSPS) is 11.8. The van der Waals surface area contributed by atoms with Gasteiger partial charge in [-0.3, -0.25) is 9.89 Å². The van der Waals surface area contributed by atoms with Crippen LogP contribution in [0.4, 0.5) is 17.5 Å². The van der Waals surface area contributed by atoms with Gasteiger partial charge in [0.25, 0.3) is 5.56 Å². The average molecular weight is 470 g/mol. The molecule has 35 heavy (non-hydrogen) atoms. The van der Waals surface area contributed by atoms with Crippen LogP contribution in [0.5, 0.6) is 0 Å². The van der Waals surface area contributed by atoms with Gasteiger partial charge in [0.05, 0.1) is 23.7 Å². The summed E-state index contributed by atoms with van der Waals surface area (Å²) in [5.74, 6) is 1.68. The standard InChI is InChI=1S/C26H27N7O2/c1-26(2,3)31-24-23-18(7-9-33(10-11-34)25(23)35)14-22(30-24)29-21-13-17(6-8-27-21)16-4-5-19-15-28-32-20(19)12-16/h4-9,12-15,34H,10-11H2,1-3H3,(H,28,32)(H2,27,29,30,31). The molecule has 5 aromatic rings. The summed E-state index contributed by atoms with van der Waals surface area (Å²) < 4.78 is 1.49. The van der Waals surface area contributed by atoms with Gasteiger partial charge in [-0.15, -0.1) is 0 Å². The Morgan fingerprint density at radius 2 is 1.86 bits per heavy atom. The van der Waals surface area contributed by atoms with E-state index in [4.69, 9.17) is 4.98 Å². The summed E-state index contributed by atoms with van der Waals surface area (Å²) >= 11 is 0. The molecule has 0 fully saturated rings. The number of rotatable bonds is 6. The van der Waals surface area contributed by atoms with Crippen LogP contribution in [0.3, 0.4) is 0 Å². The smallest absolute Gasteiger partial charge is 0.262 e. The molecule has 0 spiro atoms. The Morgan fingerprint density at radius 1 is 1.03 bits per heavy atom. The topological polar surface area (TPSA) is 121 Å². The molecule has 9 heteroatoms. The number of aliphatic hydroxyl groups is 1. The van der Waals surface area contributed by atoms with E-state index in [2.05, 4.69) is 31.9 Å². The minimum absolute atomic E-state index is 0.115. The van der Waals surface area contributed by atoms with Gasteiger partial charge in [-0.05, 0) is 67.6 Å². The van der Waals surface area contributed by atoms with Crippen molar-refractivity contribution in [1.29, 1.82) is 0 Å². The third-order valence-electron chi connectivity index (χ3n) is 5.58. The number of benzene rings is 1. The Morgan fingerprint density at radius 3 is 2.66 bits per heavy atom. The molecule has 0 amide bonds. The second-order valence-electron chi connectivity index (χ2n) is 9.46. The first kappa shape index (κ1) is 22.5. The summed E-state index contributed by atoms with van der Waals surface area (Å²) in [4.78, 5) is 22.3. The second kappa shape index (κ2) is 8.84. The van der Waals surface area contributed by atoms with Crippen LogP contribution in [-0.4, -0.2) is 42.0 Å². The maximum Gasteiger partial charge on any atom is 0.262 e. The highest BCUT2D eigenvalue weighted by Crippen LogP contribution is 2.28. The molecule has 4 heterocycles. The molecule has 1 aromatic carbocycles. The SMILES string of the molecule is CC(C)(C)Nc1nc(Nc2cc(-c3ccc4cn[nH]c4c3)ccn2)cc2ccn(CCO)c(=O)c12. The zero-order valence-electron chi connectivity index (χ0n) is 19.8. The zero-order chi connectivity index (χ0) is 24.6. The molecule has 0 aliphatic rings. The Kier molecular flexibility index (Phi) is 5.70. The lowest BCUT2D eigenvalue weighted by Crippen LogP contribution is -2.29. The summed E-state index contributed by atoms with van der Waals surface area (Å²) in [7, 11) is 0. The van der Waals surface area contributed by atoms with Crippen LogP contribution < -0.4 is 16.2 Å². The lowest BCUT2D eigenvalue weighted by atomic mass is 10.1. The van der Waals surface area contributed by atoms with E-state index in [0.717, 1.165) is 27.4 Å². The van der Waals surface area contributed by atoms with Crippen molar-refractivity contribution in [2.75, 3.05) is 17.2 Å². The molecule has 178 valence electrons. The molecule has 5 rings (SSSR count). The highest BCUT2D eigenvalue weighted by atomic mass is 16.3. The van der Waals surface area contributed by atoms with Crippen LogP contribution >= 0.6 is 0 Å². The molecular weight excluding hydrogens is 442 g/mol. The van der Waals surface area contributed by atoms with Gasteiger partial charge in [0, 0.05) is 29.9 Å². The van der Waals surface area contributed by atoms with E-state index in [1.165, 1.54) is 4.57 Å². The first-order chi connectivity index (χ1) is 16.8. The van der Waals surface area contributed by atoms with Crippen LogP contribution in [0, 0.1) is 0 Å². The van der Waals surface area contributed by atoms with Gasteiger partial charge in [-0.1, -0.05) is 12.1 Å². The van der Waals surface area contributed by atoms with Crippen molar-refractivity contribution in [3.05, 3.63) is 71.4 Å². The predicted octanol–water partition coefficient (Wildman–Crippen LogP) is 4.28. The first-order valence-electron chi connectivity index (χ1n) is 11.4. The van der Waals surface area contributed by atoms with Gasteiger partial charge in [0.15, 0.2) is 0 Å². The largest absolute Gasteiger partial charge is 0.395 e. The third-order valence-corrected chi connectivity index (χ3v) is 5.58. The number of fused-ring (bicyclic) bond motifs is 2. The van der Waals surface area contributed by atoms with E-state index in [-0.39, 0.29) is 24.2 Å². The van der Waals surface area contributed by atoms with Crippen molar-refractivity contribution < 1.29 is 5.11 Å². The van der Waals surface area contributed by atoms with Crippen molar-refractivity contribution >= 4 is 39.1 Å². The van der Waals surface area contributed by atoms with Crippen molar-refractivity contribution in [2.45, 2.75) is 32.9 Å². The fourth-order valence-corrected chi connectivity index (χ4v) is 4.02. The molecular formula is C26H27N7O2. The lowest BCUT2D eigenvalue weighted by molar-refractivity contribution is 0.274. The summed E-state index contributed by atoms with van der Waals surface area (Å²) in [5.41, 5.74) is 2.50. The molecule has 0 aliphatic heterocycles. The maximum atomic E-state index is 13.1. The van der Waals surface area contributed by atoms with Crippen LogP contribution in [0.15, 0.2) is 65.8 Å². The number of aliphatic hydroxyl groups excluding tert-OH is 1. The number of nitrogens with zero attached hydrogens (tertiary/aromatic N) is 4. The van der Waals surface area contributed by atoms with Crippen molar-refractivity contribution in [3.8, 4) is 11.1 Å².